The van der Waals surface area contributed by atoms with Crippen LogP contribution in [0.2, 0.25) is 0 Å². The minimum absolute atomic E-state index is 0.0973. The van der Waals surface area contributed by atoms with E-state index >= 15 is 0 Å². The summed E-state index contributed by atoms with van der Waals surface area (Å²) in [5.41, 5.74) is 2.82. The van der Waals surface area contributed by atoms with E-state index in [0.29, 0.717) is 5.69 Å². The van der Waals surface area contributed by atoms with Crippen molar-refractivity contribution in [3.63, 3.8) is 0 Å². The van der Waals surface area contributed by atoms with Crippen LogP contribution in [0.4, 0.5) is 0 Å². The van der Waals surface area contributed by atoms with Gasteiger partial charge in [0, 0.05) is 35.3 Å². The molecule has 1 aliphatic rings. The Balaban J connectivity index is 1.62. The van der Waals surface area contributed by atoms with Crippen LogP contribution in [-0.4, -0.2) is 29.0 Å². The third-order valence-corrected chi connectivity index (χ3v) is 5.30. The first-order valence-corrected chi connectivity index (χ1v) is 9.13. The first-order chi connectivity index (χ1) is 12.8. The van der Waals surface area contributed by atoms with Crippen LogP contribution in [0.15, 0.2) is 48.8 Å². The van der Waals surface area contributed by atoms with Crippen molar-refractivity contribution in [2.45, 2.75) is 37.6 Å². The van der Waals surface area contributed by atoms with Gasteiger partial charge in [0.1, 0.15) is 11.4 Å². The number of methoxy groups -OCH3 is 1. The number of rotatable bonds is 4. The van der Waals surface area contributed by atoms with E-state index in [1.165, 1.54) is 17.4 Å². The molecule has 1 saturated carbocycles. The Labute approximate surface area is 152 Å². The van der Waals surface area contributed by atoms with Crippen molar-refractivity contribution in [2.75, 3.05) is 7.11 Å². The van der Waals surface area contributed by atoms with Crippen molar-refractivity contribution in [1.82, 2.24) is 15.3 Å². The van der Waals surface area contributed by atoms with Crippen LogP contribution in [0.3, 0.4) is 0 Å². The zero-order chi connectivity index (χ0) is 17.9. The lowest BCUT2D eigenvalue weighted by Crippen LogP contribution is -2.41. The number of nitrogens with zero attached hydrogens (tertiary/aromatic N) is 1. The summed E-state index contributed by atoms with van der Waals surface area (Å²) in [5.74, 6) is 1.04. The summed E-state index contributed by atoms with van der Waals surface area (Å²) in [7, 11) is 1.68. The van der Waals surface area contributed by atoms with Gasteiger partial charge in [0.05, 0.1) is 7.11 Å². The van der Waals surface area contributed by atoms with Crippen LogP contribution >= 0.6 is 0 Å². The van der Waals surface area contributed by atoms with Crippen LogP contribution in [0.1, 0.15) is 47.7 Å². The second kappa shape index (κ2) is 7.20. The second-order valence-electron chi connectivity index (χ2n) is 6.84. The molecule has 134 valence electrons. The highest BCUT2D eigenvalue weighted by atomic mass is 16.5. The van der Waals surface area contributed by atoms with Gasteiger partial charge in [-0.2, -0.15) is 0 Å². The van der Waals surface area contributed by atoms with Gasteiger partial charge in [0.15, 0.2) is 0 Å². The smallest absolute Gasteiger partial charge is 0.270 e. The average molecular weight is 349 g/mol. The van der Waals surface area contributed by atoms with Gasteiger partial charge in [0.2, 0.25) is 0 Å². The second-order valence-corrected chi connectivity index (χ2v) is 6.84. The van der Waals surface area contributed by atoms with E-state index in [-0.39, 0.29) is 17.9 Å². The highest BCUT2D eigenvalue weighted by molar-refractivity contribution is 5.92. The van der Waals surface area contributed by atoms with E-state index in [4.69, 9.17) is 4.74 Å². The van der Waals surface area contributed by atoms with Crippen LogP contribution in [0, 0.1) is 0 Å². The molecule has 0 aliphatic heterocycles. The topological polar surface area (TPSA) is 67.0 Å². The molecule has 2 N–H and O–H groups in total. The average Bonchev–Trinajstić information content (AvgIpc) is 3.12. The molecular weight excluding hydrogens is 326 g/mol. The SMILES string of the molecule is COc1ccc2[nH]cc([C@H]3CCCC[C@@H]3NC(=O)c3ccccn3)c2c1. The molecule has 1 aliphatic carbocycles. The first kappa shape index (κ1) is 16.6. The molecule has 2 heterocycles. The van der Waals surface area contributed by atoms with E-state index < -0.39 is 0 Å². The normalized spacial score (nSPS) is 20.0. The Morgan fingerprint density at radius 1 is 1.23 bits per heavy atom. The van der Waals surface area contributed by atoms with E-state index in [1.54, 1.807) is 19.4 Å². The number of ether oxygens (including phenoxy) is 1. The molecule has 26 heavy (non-hydrogen) atoms. The maximum absolute atomic E-state index is 12.6. The Morgan fingerprint density at radius 2 is 2.12 bits per heavy atom. The fourth-order valence-corrected chi connectivity index (χ4v) is 3.97. The zero-order valence-electron chi connectivity index (χ0n) is 14.9. The molecule has 5 heteroatoms. The number of nitrogens with one attached hydrogen (secondary N) is 2. The number of hydrogen-bond donors (Lipinski definition) is 2. The molecule has 4 rings (SSSR count). The largest absolute Gasteiger partial charge is 0.497 e. The molecule has 3 aromatic rings. The monoisotopic (exact) mass is 349 g/mol. The number of H-pyrrole nitrogens is 1. The summed E-state index contributed by atoms with van der Waals surface area (Å²) in [5, 5.41) is 4.39. The number of aromatic nitrogens is 2. The molecule has 0 unspecified atom stereocenters. The standard InChI is InChI=1S/C21H23N3O2/c1-26-14-9-10-18-16(12-14)17(13-23-18)15-6-2-3-7-19(15)24-21(25)20-8-4-5-11-22-20/h4-5,8-13,15,19,23H,2-3,6-7H2,1H3,(H,24,25)/t15-,19+/m1/s1. The van der Waals surface area contributed by atoms with Crippen molar-refractivity contribution in [1.29, 1.82) is 0 Å². The van der Waals surface area contributed by atoms with Gasteiger partial charge in [-0.15, -0.1) is 0 Å². The molecule has 2 atom stereocenters. The lowest BCUT2D eigenvalue weighted by Gasteiger charge is -2.32. The van der Waals surface area contributed by atoms with Gasteiger partial charge in [0.25, 0.3) is 5.91 Å². The number of carbonyl (C=O) groups is 1. The van der Waals surface area contributed by atoms with Crippen molar-refractivity contribution in [3.05, 3.63) is 60.0 Å². The van der Waals surface area contributed by atoms with E-state index in [0.717, 1.165) is 30.5 Å². The fourth-order valence-electron chi connectivity index (χ4n) is 3.97. The maximum Gasteiger partial charge on any atom is 0.270 e. The molecule has 1 fully saturated rings. The Bertz CT molecular complexity index is 904. The lowest BCUT2D eigenvalue weighted by molar-refractivity contribution is 0.0916. The van der Waals surface area contributed by atoms with E-state index in [9.17, 15) is 4.79 Å². The molecule has 2 aromatic heterocycles. The molecule has 5 nitrogen and oxygen atoms in total. The van der Waals surface area contributed by atoms with Crippen molar-refractivity contribution < 1.29 is 9.53 Å². The third-order valence-electron chi connectivity index (χ3n) is 5.30. The number of benzene rings is 1. The van der Waals surface area contributed by atoms with Crippen molar-refractivity contribution in [2.24, 2.45) is 0 Å². The van der Waals surface area contributed by atoms with Gasteiger partial charge >= 0.3 is 0 Å². The highest BCUT2D eigenvalue weighted by Gasteiger charge is 2.30. The molecule has 0 radical (unpaired) electrons. The number of amides is 1. The summed E-state index contributed by atoms with van der Waals surface area (Å²) in [6.45, 7) is 0. The van der Waals surface area contributed by atoms with Gasteiger partial charge < -0.3 is 15.0 Å². The molecule has 0 spiro atoms. The predicted octanol–water partition coefficient (Wildman–Crippen LogP) is 4.03. The third kappa shape index (κ3) is 3.17. The predicted molar refractivity (Wildman–Crippen MR) is 102 cm³/mol. The number of pyridine rings is 1. The van der Waals surface area contributed by atoms with Crippen LogP contribution in [0.25, 0.3) is 10.9 Å². The van der Waals surface area contributed by atoms with Gasteiger partial charge in [-0.25, -0.2) is 0 Å². The van der Waals surface area contributed by atoms with Crippen LogP contribution in [-0.2, 0) is 0 Å². The molecule has 1 amide bonds. The lowest BCUT2D eigenvalue weighted by atomic mass is 9.79. The Hall–Kier alpha value is -2.82. The first-order valence-electron chi connectivity index (χ1n) is 9.13. The number of hydrogen-bond acceptors (Lipinski definition) is 3. The molecule has 0 saturated heterocycles. The van der Waals surface area contributed by atoms with Crippen LogP contribution in [0.5, 0.6) is 5.75 Å². The van der Waals surface area contributed by atoms with Crippen molar-refractivity contribution in [3.8, 4) is 5.75 Å². The van der Waals surface area contributed by atoms with E-state index in [2.05, 4.69) is 27.5 Å². The Morgan fingerprint density at radius 3 is 2.92 bits per heavy atom. The summed E-state index contributed by atoms with van der Waals surface area (Å²) in [6, 6.07) is 11.6. The van der Waals surface area contributed by atoms with E-state index in [1.807, 2.05) is 24.3 Å². The summed E-state index contributed by atoms with van der Waals surface area (Å²) < 4.78 is 5.39. The van der Waals surface area contributed by atoms with Crippen LogP contribution < -0.4 is 10.1 Å². The minimum Gasteiger partial charge on any atom is -0.497 e. The van der Waals surface area contributed by atoms with Gasteiger partial charge in [-0.1, -0.05) is 18.9 Å². The number of carbonyl (C=O) groups excluding carboxylic acids is 1. The van der Waals surface area contributed by atoms with Crippen molar-refractivity contribution >= 4 is 16.8 Å². The zero-order valence-corrected chi connectivity index (χ0v) is 14.9. The quantitative estimate of drug-likeness (QED) is 0.747. The number of aromatic amines is 1. The molecular formula is C21H23N3O2. The minimum atomic E-state index is -0.0973. The molecule has 0 bridgehead atoms. The highest BCUT2D eigenvalue weighted by Crippen LogP contribution is 2.37. The molecule has 1 aromatic carbocycles. The van der Waals surface area contributed by atoms with Gasteiger partial charge in [-0.05, 0) is 48.7 Å². The van der Waals surface area contributed by atoms with Gasteiger partial charge in [-0.3, -0.25) is 9.78 Å². The summed E-state index contributed by atoms with van der Waals surface area (Å²) in [4.78, 5) is 20.1. The summed E-state index contributed by atoms with van der Waals surface area (Å²) in [6.07, 6.45) is 8.10. The Kier molecular flexibility index (Phi) is 4.61. The summed E-state index contributed by atoms with van der Waals surface area (Å²) >= 11 is 0. The fraction of sp³-hybridized carbons (Fsp3) is 0.333. The maximum atomic E-state index is 12.6. The number of fused-ring (bicyclic) bond motifs is 1.